The number of hydrogen-bond acceptors (Lipinski definition) is 3. The summed E-state index contributed by atoms with van der Waals surface area (Å²) in [6, 6.07) is 7.55. The van der Waals surface area contributed by atoms with Gasteiger partial charge in [0.05, 0.1) is 12.1 Å². The van der Waals surface area contributed by atoms with Crippen LogP contribution in [0, 0.1) is 0 Å². The van der Waals surface area contributed by atoms with Gasteiger partial charge in [0, 0.05) is 25.2 Å². The zero-order valence-corrected chi connectivity index (χ0v) is 11.7. The number of benzene rings is 1. The average molecular weight is 283 g/mol. The van der Waals surface area contributed by atoms with Crippen molar-refractivity contribution in [3.8, 4) is 0 Å². The molecular formula is C14H19ClN2O2. The number of carbonyl (C=O) groups is 1. The molecule has 1 heterocycles. The second-order valence-corrected chi connectivity index (χ2v) is 5.16. The molecule has 0 bridgehead atoms. The highest BCUT2D eigenvalue weighted by molar-refractivity contribution is 6.30. The lowest BCUT2D eigenvalue weighted by atomic mass is 10.1. The molecule has 2 atom stereocenters. The topological polar surface area (TPSA) is 50.4 Å². The largest absolute Gasteiger partial charge is 0.380 e. The maximum absolute atomic E-state index is 11.9. The van der Waals surface area contributed by atoms with E-state index in [-0.39, 0.29) is 18.1 Å². The monoisotopic (exact) mass is 282 g/mol. The number of nitrogens with one attached hydrogen (secondary N) is 2. The van der Waals surface area contributed by atoms with Crippen LogP contribution in [0.15, 0.2) is 24.3 Å². The normalized spacial score (nSPS) is 22.4. The molecule has 0 spiro atoms. The van der Waals surface area contributed by atoms with Gasteiger partial charge in [0.25, 0.3) is 0 Å². The number of methoxy groups -OCH3 is 1. The van der Waals surface area contributed by atoms with Gasteiger partial charge in [-0.1, -0.05) is 23.7 Å². The minimum atomic E-state index is -0.135. The molecule has 1 aliphatic rings. The molecule has 2 unspecified atom stereocenters. The lowest BCUT2D eigenvalue weighted by Crippen LogP contribution is -2.41. The summed E-state index contributed by atoms with van der Waals surface area (Å²) in [5, 5.41) is 6.82. The van der Waals surface area contributed by atoms with Gasteiger partial charge in [-0.25, -0.2) is 0 Å². The molecule has 0 saturated carbocycles. The molecule has 1 aromatic carbocycles. The Morgan fingerprint density at radius 2 is 2.42 bits per heavy atom. The van der Waals surface area contributed by atoms with Crippen LogP contribution in [-0.4, -0.2) is 38.3 Å². The van der Waals surface area contributed by atoms with Crippen molar-refractivity contribution in [2.75, 3.05) is 20.2 Å². The molecular weight excluding hydrogens is 264 g/mol. The van der Waals surface area contributed by atoms with Crippen molar-refractivity contribution < 1.29 is 9.53 Å². The highest BCUT2D eigenvalue weighted by atomic mass is 35.5. The van der Waals surface area contributed by atoms with Crippen LogP contribution in [0.2, 0.25) is 5.02 Å². The Hall–Kier alpha value is -1.10. The van der Waals surface area contributed by atoms with Crippen LogP contribution in [-0.2, 0) is 16.0 Å². The number of rotatable bonds is 5. The first-order valence-corrected chi connectivity index (χ1v) is 6.85. The summed E-state index contributed by atoms with van der Waals surface area (Å²) in [5.74, 6) is 0.0431. The Labute approximate surface area is 118 Å². The fourth-order valence-corrected chi connectivity index (χ4v) is 2.44. The summed E-state index contributed by atoms with van der Waals surface area (Å²) < 4.78 is 5.22. The minimum Gasteiger partial charge on any atom is -0.380 e. The Balaban J connectivity index is 1.72. The summed E-state index contributed by atoms with van der Waals surface area (Å²) in [6.45, 7) is 1.36. The highest BCUT2D eigenvalue weighted by Gasteiger charge is 2.28. The first-order chi connectivity index (χ1) is 9.19. The summed E-state index contributed by atoms with van der Waals surface area (Å²) >= 11 is 5.91. The Morgan fingerprint density at radius 3 is 3.11 bits per heavy atom. The molecule has 0 aliphatic carbocycles. The molecule has 2 N–H and O–H groups in total. The van der Waals surface area contributed by atoms with Gasteiger partial charge in [0.1, 0.15) is 0 Å². The van der Waals surface area contributed by atoms with E-state index < -0.39 is 0 Å². The Kier molecular flexibility index (Phi) is 5.19. The predicted molar refractivity (Wildman–Crippen MR) is 75.4 cm³/mol. The van der Waals surface area contributed by atoms with Crippen molar-refractivity contribution >= 4 is 17.5 Å². The number of halogens is 1. The van der Waals surface area contributed by atoms with Gasteiger partial charge < -0.3 is 15.4 Å². The maximum Gasteiger partial charge on any atom is 0.237 e. The van der Waals surface area contributed by atoms with Crippen LogP contribution in [0.25, 0.3) is 0 Å². The van der Waals surface area contributed by atoms with Crippen LogP contribution in [0.1, 0.15) is 12.0 Å². The first-order valence-electron chi connectivity index (χ1n) is 6.47. The third-order valence-corrected chi connectivity index (χ3v) is 3.58. The molecule has 1 aromatic rings. The van der Waals surface area contributed by atoms with Gasteiger partial charge in [-0.3, -0.25) is 4.79 Å². The van der Waals surface area contributed by atoms with Gasteiger partial charge in [0.2, 0.25) is 5.91 Å². The van der Waals surface area contributed by atoms with Crippen molar-refractivity contribution in [3.63, 3.8) is 0 Å². The zero-order valence-electron chi connectivity index (χ0n) is 11.0. The van der Waals surface area contributed by atoms with E-state index in [1.165, 1.54) is 0 Å². The van der Waals surface area contributed by atoms with Crippen LogP contribution in [0.4, 0.5) is 0 Å². The average Bonchev–Trinajstić information content (AvgIpc) is 2.87. The number of ether oxygens (including phenoxy) is 1. The number of carbonyl (C=O) groups excluding carboxylic acids is 1. The Bertz CT molecular complexity index is 439. The van der Waals surface area contributed by atoms with E-state index in [1.54, 1.807) is 7.11 Å². The van der Waals surface area contributed by atoms with Crippen molar-refractivity contribution in [1.82, 2.24) is 10.6 Å². The van der Waals surface area contributed by atoms with Crippen LogP contribution < -0.4 is 10.6 Å². The standard InChI is InChI=1S/C14H19ClN2O2/c1-19-12-8-13(17-9-12)14(18)16-6-5-10-3-2-4-11(15)7-10/h2-4,7,12-13,17H,5-6,8-9H2,1H3,(H,16,18). The van der Waals surface area contributed by atoms with Crippen molar-refractivity contribution in [3.05, 3.63) is 34.9 Å². The second kappa shape index (κ2) is 6.89. The second-order valence-electron chi connectivity index (χ2n) is 4.73. The third kappa shape index (κ3) is 4.20. The quantitative estimate of drug-likeness (QED) is 0.858. The predicted octanol–water partition coefficient (Wildman–Crippen LogP) is 1.38. The summed E-state index contributed by atoms with van der Waals surface area (Å²) in [5.41, 5.74) is 1.13. The molecule has 4 nitrogen and oxygen atoms in total. The molecule has 0 aromatic heterocycles. The van der Waals surface area contributed by atoms with Gasteiger partial charge in [-0.15, -0.1) is 0 Å². The van der Waals surface area contributed by atoms with Crippen LogP contribution >= 0.6 is 11.6 Å². The molecule has 1 saturated heterocycles. The van der Waals surface area contributed by atoms with Gasteiger partial charge in [-0.2, -0.15) is 0 Å². The summed E-state index contributed by atoms with van der Waals surface area (Å²) in [4.78, 5) is 11.9. The SMILES string of the molecule is COC1CNC(C(=O)NCCc2cccc(Cl)c2)C1. The van der Waals surface area contributed by atoms with Crippen molar-refractivity contribution in [2.24, 2.45) is 0 Å². The molecule has 5 heteroatoms. The number of hydrogen-bond donors (Lipinski definition) is 2. The molecule has 104 valence electrons. The third-order valence-electron chi connectivity index (χ3n) is 3.34. The summed E-state index contributed by atoms with van der Waals surface area (Å²) in [6.07, 6.45) is 1.66. The lowest BCUT2D eigenvalue weighted by Gasteiger charge is -2.11. The van der Waals surface area contributed by atoms with Gasteiger partial charge in [0.15, 0.2) is 0 Å². The maximum atomic E-state index is 11.9. The van der Waals surface area contributed by atoms with E-state index in [2.05, 4.69) is 10.6 Å². The smallest absolute Gasteiger partial charge is 0.237 e. The lowest BCUT2D eigenvalue weighted by molar-refractivity contribution is -0.122. The molecule has 2 rings (SSSR count). The molecule has 0 radical (unpaired) electrons. The van der Waals surface area contributed by atoms with E-state index in [9.17, 15) is 4.79 Å². The number of amides is 1. The van der Waals surface area contributed by atoms with Crippen molar-refractivity contribution in [1.29, 1.82) is 0 Å². The van der Waals surface area contributed by atoms with E-state index in [1.807, 2.05) is 24.3 Å². The molecule has 1 fully saturated rings. The van der Waals surface area contributed by atoms with E-state index in [0.29, 0.717) is 6.54 Å². The highest BCUT2D eigenvalue weighted by Crippen LogP contribution is 2.11. The van der Waals surface area contributed by atoms with Gasteiger partial charge >= 0.3 is 0 Å². The van der Waals surface area contributed by atoms with Crippen molar-refractivity contribution in [2.45, 2.75) is 25.0 Å². The van der Waals surface area contributed by atoms with E-state index >= 15 is 0 Å². The summed E-state index contributed by atoms with van der Waals surface area (Å²) in [7, 11) is 1.67. The first kappa shape index (κ1) is 14.3. The Morgan fingerprint density at radius 1 is 1.58 bits per heavy atom. The molecule has 1 aliphatic heterocycles. The minimum absolute atomic E-state index is 0.0431. The van der Waals surface area contributed by atoms with Crippen LogP contribution in [0.5, 0.6) is 0 Å². The van der Waals surface area contributed by atoms with E-state index in [4.69, 9.17) is 16.3 Å². The van der Waals surface area contributed by atoms with Gasteiger partial charge in [-0.05, 0) is 30.5 Å². The fourth-order valence-electron chi connectivity index (χ4n) is 2.23. The van der Waals surface area contributed by atoms with E-state index in [0.717, 1.165) is 30.0 Å². The molecule has 19 heavy (non-hydrogen) atoms. The zero-order chi connectivity index (χ0) is 13.7. The van der Waals surface area contributed by atoms with Crippen LogP contribution in [0.3, 0.4) is 0 Å². The molecule has 1 amide bonds. The fraction of sp³-hybridized carbons (Fsp3) is 0.500.